The summed E-state index contributed by atoms with van der Waals surface area (Å²) in [6.07, 6.45) is 4.74. The van der Waals surface area contributed by atoms with Gasteiger partial charge in [0.2, 0.25) is 10.0 Å². The summed E-state index contributed by atoms with van der Waals surface area (Å²) >= 11 is 0. The molecule has 2 unspecified atom stereocenters. The lowest BCUT2D eigenvalue weighted by atomic mass is 9.96. The molecule has 0 amide bonds. The second-order valence-corrected chi connectivity index (χ2v) is 7.37. The van der Waals surface area contributed by atoms with Gasteiger partial charge in [-0.1, -0.05) is 0 Å². The van der Waals surface area contributed by atoms with Gasteiger partial charge in [-0.05, 0) is 44.6 Å². The zero-order valence-electron chi connectivity index (χ0n) is 11.3. The van der Waals surface area contributed by atoms with Crippen molar-refractivity contribution in [1.82, 2.24) is 4.31 Å². The summed E-state index contributed by atoms with van der Waals surface area (Å²) in [5, 5.41) is 0. The zero-order chi connectivity index (χ0) is 13.0. The van der Waals surface area contributed by atoms with Gasteiger partial charge in [0.05, 0.1) is 11.9 Å². The first-order valence-electron chi connectivity index (χ1n) is 6.91. The van der Waals surface area contributed by atoms with E-state index < -0.39 is 10.0 Å². The molecule has 0 aromatic rings. The molecule has 7 heteroatoms. The SMILES string of the molecule is Cl.NCCC1CCCN(S(=O)(=O)CC2CCCO2)C1. The van der Waals surface area contributed by atoms with E-state index in [0.29, 0.717) is 32.2 Å². The van der Waals surface area contributed by atoms with Gasteiger partial charge in [0.1, 0.15) is 0 Å². The molecule has 2 N–H and O–H groups in total. The molecule has 2 atom stereocenters. The van der Waals surface area contributed by atoms with E-state index in [9.17, 15) is 8.42 Å². The van der Waals surface area contributed by atoms with Crippen molar-refractivity contribution in [3.8, 4) is 0 Å². The predicted molar refractivity (Wildman–Crippen MR) is 78.0 cm³/mol. The van der Waals surface area contributed by atoms with Crippen LogP contribution < -0.4 is 5.73 Å². The van der Waals surface area contributed by atoms with Crippen LogP contribution in [0.5, 0.6) is 0 Å². The molecule has 114 valence electrons. The quantitative estimate of drug-likeness (QED) is 0.821. The molecule has 2 heterocycles. The average Bonchev–Trinajstić information content (AvgIpc) is 2.82. The maximum atomic E-state index is 12.3. The highest BCUT2D eigenvalue weighted by molar-refractivity contribution is 7.89. The lowest BCUT2D eigenvalue weighted by Gasteiger charge is -2.32. The number of ether oxygens (including phenoxy) is 1. The van der Waals surface area contributed by atoms with Crippen molar-refractivity contribution in [3.05, 3.63) is 0 Å². The number of nitrogens with two attached hydrogens (primary N) is 1. The van der Waals surface area contributed by atoms with E-state index in [4.69, 9.17) is 10.5 Å². The molecule has 0 spiro atoms. The minimum Gasteiger partial charge on any atom is -0.377 e. The first-order chi connectivity index (χ1) is 8.62. The highest BCUT2D eigenvalue weighted by Gasteiger charge is 2.31. The predicted octanol–water partition coefficient (Wildman–Crippen LogP) is 0.978. The Balaban J connectivity index is 0.00000180. The van der Waals surface area contributed by atoms with Crippen molar-refractivity contribution in [2.75, 3.05) is 32.0 Å². The molecule has 2 rings (SSSR count). The fourth-order valence-corrected chi connectivity index (χ4v) is 4.66. The van der Waals surface area contributed by atoms with E-state index in [1.165, 1.54) is 0 Å². The topological polar surface area (TPSA) is 72.6 Å². The van der Waals surface area contributed by atoms with Gasteiger partial charge in [-0.25, -0.2) is 12.7 Å². The van der Waals surface area contributed by atoms with Gasteiger partial charge in [0, 0.05) is 19.7 Å². The Kier molecular flexibility index (Phi) is 7.04. The van der Waals surface area contributed by atoms with E-state index in [1.54, 1.807) is 4.31 Å². The Bertz CT molecular complexity index is 356. The zero-order valence-corrected chi connectivity index (χ0v) is 12.9. The Morgan fingerprint density at radius 1 is 1.26 bits per heavy atom. The van der Waals surface area contributed by atoms with Crippen LogP contribution >= 0.6 is 12.4 Å². The number of nitrogens with zero attached hydrogens (tertiary/aromatic N) is 1. The van der Waals surface area contributed by atoms with Crippen molar-refractivity contribution in [2.45, 2.75) is 38.2 Å². The fraction of sp³-hybridized carbons (Fsp3) is 1.00. The summed E-state index contributed by atoms with van der Waals surface area (Å²) in [5.41, 5.74) is 5.56. The van der Waals surface area contributed by atoms with Crippen LogP contribution in [0.1, 0.15) is 32.1 Å². The van der Waals surface area contributed by atoms with Crippen molar-refractivity contribution in [3.63, 3.8) is 0 Å². The van der Waals surface area contributed by atoms with Crippen LogP contribution in [0, 0.1) is 5.92 Å². The number of hydrogen-bond acceptors (Lipinski definition) is 4. The first-order valence-corrected chi connectivity index (χ1v) is 8.52. The second-order valence-electron chi connectivity index (χ2n) is 5.36. The summed E-state index contributed by atoms with van der Waals surface area (Å²) in [7, 11) is -3.15. The van der Waals surface area contributed by atoms with Crippen LogP contribution in [0.25, 0.3) is 0 Å². The van der Waals surface area contributed by atoms with E-state index >= 15 is 0 Å². The molecule has 19 heavy (non-hydrogen) atoms. The molecule has 2 saturated heterocycles. The Labute approximate surface area is 122 Å². The molecular weight excluding hydrogens is 288 g/mol. The maximum absolute atomic E-state index is 12.3. The fourth-order valence-electron chi connectivity index (χ4n) is 2.87. The average molecular weight is 313 g/mol. The number of piperidine rings is 1. The minimum atomic E-state index is -3.15. The monoisotopic (exact) mass is 312 g/mol. The lowest BCUT2D eigenvalue weighted by Crippen LogP contribution is -2.43. The van der Waals surface area contributed by atoms with Gasteiger partial charge in [0.15, 0.2) is 0 Å². The Morgan fingerprint density at radius 3 is 2.68 bits per heavy atom. The van der Waals surface area contributed by atoms with Crippen molar-refractivity contribution >= 4 is 22.4 Å². The standard InChI is InChI=1S/C12H24N2O3S.ClH/c13-6-5-11-3-1-7-14(9-11)18(15,16)10-12-4-2-8-17-12;/h11-12H,1-10,13H2;1H. The van der Waals surface area contributed by atoms with E-state index in [0.717, 1.165) is 32.1 Å². The largest absolute Gasteiger partial charge is 0.377 e. The lowest BCUT2D eigenvalue weighted by molar-refractivity contribution is 0.125. The third-order valence-corrected chi connectivity index (χ3v) is 5.78. The van der Waals surface area contributed by atoms with E-state index in [2.05, 4.69) is 0 Å². The number of hydrogen-bond donors (Lipinski definition) is 1. The van der Waals surface area contributed by atoms with Crippen LogP contribution in [0.3, 0.4) is 0 Å². The van der Waals surface area contributed by atoms with Gasteiger partial charge in [-0.15, -0.1) is 12.4 Å². The minimum absolute atomic E-state index is 0. The molecule has 0 radical (unpaired) electrons. The molecule has 2 aliphatic heterocycles. The van der Waals surface area contributed by atoms with Gasteiger partial charge in [-0.3, -0.25) is 0 Å². The van der Waals surface area contributed by atoms with Gasteiger partial charge >= 0.3 is 0 Å². The maximum Gasteiger partial charge on any atom is 0.216 e. The molecule has 2 aliphatic rings. The second kappa shape index (κ2) is 7.78. The van der Waals surface area contributed by atoms with Crippen LogP contribution in [-0.2, 0) is 14.8 Å². The number of sulfonamides is 1. The summed E-state index contributed by atoms with van der Waals surface area (Å²) in [5.74, 6) is 0.588. The summed E-state index contributed by atoms with van der Waals surface area (Å²) in [6, 6.07) is 0. The summed E-state index contributed by atoms with van der Waals surface area (Å²) in [6.45, 7) is 2.66. The molecule has 0 bridgehead atoms. The molecular formula is C12H25ClN2O3S. The van der Waals surface area contributed by atoms with Gasteiger partial charge in [0.25, 0.3) is 0 Å². The van der Waals surface area contributed by atoms with Crippen molar-refractivity contribution in [1.29, 1.82) is 0 Å². The third kappa shape index (κ3) is 4.86. The molecule has 0 aliphatic carbocycles. The highest BCUT2D eigenvalue weighted by Crippen LogP contribution is 2.23. The van der Waals surface area contributed by atoms with Crippen LogP contribution in [0.4, 0.5) is 0 Å². The van der Waals surface area contributed by atoms with Crippen LogP contribution in [0.2, 0.25) is 0 Å². The normalized spacial score (nSPS) is 29.1. The van der Waals surface area contributed by atoms with Crippen molar-refractivity contribution in [2.24, 2.45) is 11.7 Å². The molecule has 5 nitrogen and oxygen atoms in total. The summed E-state index contributed by atoms with van der Waals surface area (Å²) < 4.78 is 31.7. The molecule has 0 aromatic heterocycles. The van der Waals surface area contributed by atoms with E-state index in [1.807, 2.05) is 0 Å². The Morgan fingerprint density at radius 2 is 2.05 bits per heavy atom. The molecule has 2 fully saturated rings. The Hall–Kier alpha value is 0.120. The smallest absolute Gasteiger partial charge is 0.216 e. The molecule has 0 aromatic carbocycles. The third-order valence-electron chi connectivity index (χ3n) is 3.87. The van der Waals surface area contributed by atoms with E-state index in [-0.39, 0.29) is 24.3 Å². The molecule has 0 saturated carbocycles. The van der Waals surface area contributed by atoms with Crippen LogP contribution in [0.15, 0.2) is 0 Å². The van der Waals surface area contributed by atoms with Gasteiger partial charge < -0.3 is 10.5 Å². The summed E-state index contributed by atoms with van der Waals surface area (Å²) in [4.78, 5) is 0. The number of rotatable bonds is 5. The van der Waals surface area contributed by atoms with Crippen molar-refractivity contribution < 1.29 is 13.2 Å². The first kappa shape index (κ1) is 17.2. The van der Waals surface area contributed by atoms with Gasteiger partial charge in [-0.2, -0.15) is 0 Å². The number of halogens is 1. The highest BCUT2D eigenvalue weighted by atomic mass is 35.5. The van der Waals surface area contributed by atoms with Crippen LogP contribution in [-0.4, -0.2) is 50.8 Å².